The van der Waals surface area contributed by atoms with Gasteiger partial charge in [0.05, 0.1) is 38.8 Å². The van der Waals surface area contributed by atoms with Gasteiger partial charge in [-0.1, -0.05) is 176 Å². The van der Waals surface area contributed by atoms with Crippen molar-refractivity contribution < 1.29 is 0 Å². The SMILES string of the molecule is Cc1ccnc(-c2ccc(-c3ccccc3-c3cc(CCc4ccc5c(c4)nc(C(C)(C)C)n4c6cc7c(cc6nc54)C(C)(C)CC7(C)C)cc(CCc4ccc5c(c4)nc(C(C)(C)C)n4c6cc7c(cc6nc54)C(C)(C)CC7(C)C)c3)cc2)c1. The highest BCUT2D eigenvalue weighted by molar-refractivity contribution is 5.99. The highest BCUT2D eigenvalue weighted by atomic mass is 15.1. The highest BCUT2D eigenvalue weighted by Crippen LogP contribution is 2.52. The number of benzene rings is 7. The Labute approximate surface area is 502 Å². The lowest BCUT2D eigenvalue weighted by Crippen LogP contribution is -2.19. The molecule has 0 bridgehead atoms. The van der Waals surface area contributed by atoms with Crippen molar-refractivity contribution >= 4 is 55.2 Å². The summed E-state index contributed by atoms with van der Waals surface area (Å²) in [5.74, 6) is 2.08. The molecule has 0 saturated heterocycles. The van der Waals surface area contributed by atoms with E-state index in [0.29, 0.717) is 0 Å². The largest absolute Gasteiger partial charge is 0.279 e. The molecule has 7 nitrogen and oxygen atoms in total. The first-order valence-corrected chi connectivity index (χ1v) is 31.1. The Morgan fingerprint density at radius 3 is 1.27 bits per heavy atom. The Morgan fingerprint density at radius 2 is 0.824 bits per heavy atom. The maximum absolute atomic E-state index is 5.55. The van der Waals surface area contributed by atoms with Gasteiger partial charge in [0.15, 0.2) is 0 Å². The van der Waals surface area contributed by atoms with E-state index in [9.17, 15) is 0 Å². The molecule has 0 atom stereocenters. The predicted molar refractivity (Wildman–Crippen MR) is 355 cm³/mol. The third-order valence-corrected chi connectivity index (χ3v) is 19.2. The van der Waals surface area contributed by atoms with E-state index in [1.807, 2.05) is 12.3 Å². The van der Waals surface area contributed by atoms with Gasteiger partial charge in [-0.3, -0.25) is 13.8 Å². The molecule has 5 aromatic heterocycles. The standard InChI is InChI=1S/C78H81N7/c1-46-32-33-79-62(34-46)52-28-26-51(27-29-52)54-18-16-17-19-55(54)53-36-49(22-20-47-24-30-56-63(38-47)82-71(73(2,3)4)84-67-42-60-58(40-65(67)80-69(56)84)75(8,9)44-77(60,12)13)35-50(37-53)23-21-48-25-31-57-64(39-48)83-72(74(5,6)7)85-68-43-61-59(41-66(68)81-70(57)85)76(10,11)45-78(61,14)15/h16-19,24-43H,20-23,44-45H2,1-15H3. The molecule has 7 aromatic carbocycles. The fourth-order valence-corrected chi connectivity index (χ4v) is 15.5. The monoisotopic (exact) mass is 1120 g/mol. The van der Waals surface area contributed by atoms with Crippen molar-refractivity contribution in [2.24, 2.45) is 0 Å². The van der Waals surface area contributed by atoms with E-state index in [0.717, 1.165) is 117 Å². The average Bonchev–Trinajstić information content (AvgIpc) is 1.61. The Bertz CT molecular complexity index is 4510. The molecule has 0 radical (unpaired) electrons. The molecular formula is C78H81N7. The summed E-state index contributed by atoms with van der Waals surface area (Å²) in [6.45, 7) is 34.9. The second-order valence-corrected chi connectivity index (χ2v) is 30.2. The van der Waals surface area contributed by atoms with E-state index in [4.69, 9.17) is 24.9 Å². The first-order chi connectivity index (χ1) is 40.2. The predicted octanol–water partition coefficient (Wildman–Crippen LogP) is 19.2. The summed E-state index contributed by atoms with van der Waals surface area (Å²) in [5.41, 5.74) is 27.4. The molecule has 428 valence electrons. The van der Waals surface area contributed by atoms with Gasteiger partial charge in [-0.25, -0.2) is 19.9 Å². The summed E-state index contributed by atoms with van der Waals surface area (Å²) in [5, 5.41) is 2.18. The number of imidazole rings is 2. The summed E-state index contributed by atoms with van der Waals surface area (Å²) in [7, 11) is 0. The third kappa shape index (κ3) is 9.34. The molecule has 14 rings (SSSR count). The van der Waals surface area contributed by atoms with Crippen molar-refractivity contribution in [2.75, 3.05) is 0 Å². The highest BCUT2D eigenvalue weighted by Gasteiger charge is 2.44. The average molecular weight is 1120 g/mol. The molecule has 0 fully saturated rings. The topological polar surface area (TPSA) is 73.3 Å². The van der Waals surface area contributed by atoms with Gasteiger partial charge < -0.3 is 0 Å². The van der Waals surface area contributed by atoms with Gasteiger partial charge in [-0.2, -0.15) is 0 Å². The second kappa shape index (κ2) is 19.0. The van der Waals surface area contributed by atoms with E-state index in [1.54, 1.807) is 0 Å². The van der Waals surface area contributed by atoms with Gasteiger partial charge in [0, 0.05) is 33.4 Å². The normalized spacial score (nSPS) is 16.2. The van der Waals surface area contributed by atoms with E-state index >= 15 is 0 Å². The van der Waals surface area contributed by atoms with E-state index in [-0.39, 0.29) is 32.5 Å². The minimum absolute atomic E-state index is 0.0856. The summed E-state index contributed by atoms with van der Waals surface area (Å²) in [6, 6.07) is 52.9. The summed E-state index contributed by atoms with van der Waals surface area (Å²) >= 11 is 0. The van der Waals surface area contributed by atoms with E-state index in [2.05, 4.69) is 246 Å². The number of aromatic nitrogens is 7. The summed E-state index contributed by atoms with van der Waals surface area (Å²) < 4.78 is 4.73. The molecule has 0 N–H and O–H groups in total. The molecule has 2 aliphatic carbocycles. The molecule has 2 aliphatic rings. The maximum Gasteiger partial charge on any atom is 0.148 e. The van der Waals surface area contributed by atoms with Gasteiger partial charge in [-0.05, 0) is 200 Å². The van der Waals surface area contributed by atoms with E-state index < -0.39 is 0 Å². The van der Waals surface area contributed by atoms with Crippen LogP contribution in [0.2, 0.25) is 0 Å². The Morgan fingerprint density at radius 1 is 0.400 bits per heavy atom. The number of rotatable bonds is 9. The fourth-order valence-electron chi connectivity index (χ4n) is 15.5. The number of aryl methyl sites for hydroxylation is 5. The maximum atomic E-state index is 5.55. The van der Waals surface area contributed by atoms with Gasteiger partial charge in [-0.15, -0.1) is 0 Å². The first-order valence-electron chi connectivity index (χ1n) is 31.1. The lowest BCUT2D eigenvalue weighted by Gasteiger charge is -2.22. The van der Waals surface area contributed by atoms with Crippen LogP contribution in [-0.2, 0) is 58.2 Å². The van der Waals surface area contributed by atoms with Gasteiger partial charge in [0.25, 0.3) is 0 Å². The quantitative estimate of drug-likeness (QED) is 0.144. The van der Waals surface area contributed by atoms with Gasteiger partial charge in [0.1, 0.15) is 22.9 Å². The Kier molecular flexibility index (Phi) is 12.3. The fraction of sp³-hybridized carbons (Fsp3) is 0.346. The van der Waals surface area contributed by atoms with Crippen LogP contribution >= 0.6 is 0 Å². The van der Waals surface area contributed by atoms with Crippen LogP contribution < -0.4 is 0 Å². The van der Waals surface area contributed by atoms with Gasteiger partial charge >= 0.3 is 0 Å². The molecular weight excluding hydrogens is 1030 g/mol. The lowest BCUT2D eigenvalue weighted by atomic mass is 9.82. The number of hydrogen-bond acceptors (Lipinski definition) is 5. The number of pyridine rings is 1. The van der Waals surface area contributed by atoms with Crippen molar-refractivity contribution in [1.82, 2.24) is 33.7 Å². The summed E-state index contributed by atoms with van der Waals surface area (Å²) in [4.78, 5) is 26.7. The van der Waals surface area contributed by atoms with Crippen molar-refractivity contribution in [2.45, 2.75) is 175 Å². The van der Waals surface area contributed by atoms with Crippen molar-refractivity contribution in [3.05, 3.63) is 207 Å². The number of hydrogen-bond donors (Lipinski definition) is 0. The van der Waals surface area contributed by atoms with Crippen molar-refractivity contribution in [1.29, 1.82) is 0 Å². The molecule has 7 heteroatoms. The van der Waals surface area contributed by atoms with Crippen LogP contribution in [0, 0.1) is 6.92 Å². The minimum atomic E-state index is -0.215. The molecule has 5 heterocycles. The zero-order valence-electron chi connectivity index (χ0n) is 52.7. The zero-order valence-corrected chi connectivity index (χ0v) is 52.7. The third-order valence-electron chi connectivity index (χ3n) is 19.2. The van der Waals surface area contributed by atoms with Crippen LogP contribution in [0.5, 0.6) is 0 Å². The minimum Gasteiger partial charge on any atom is -0.279 e. The Balaban J connectivity index is 0.827. The van der Waals surface area contributed by atoms with Gasteiger partial charge in [0.2, 0.25) is 0 Å². The molecule has 0 spiro atoms. The van der Waals surface area contributed by atoms with Crippen LogP contribution in [0.15, 0.2) is 146 Å². The molecule has 0 unspecified atom stereocenters. The van der Waals surface area contributed by atoms with Crippen molar-refractivity contribution in [3.8, 4) is 33.5 Å². The van der Waals surface area contributed by atoms with E-state index in [1.165, 1.54) is 72.3 Å². The van der Waals surface area contributed by atoms with Crippen LogP contribution in [0.4, 0.5) is 0 Å². The number of fused-ring (bicyclic) bond motifs is 12. The Hall–Kier alpha value is -8.03. The molecule has 0 amide bonds. The molecule has 12 aromatic rings. The molecule has 85 heavy (non-hydrogen) atoms. The summed E-state index contributed by atoms with van der Waals surface area (Å²) in [6.07, 6.45) is 7.66. The van der Waals surface area contributed by atoms with Crippen LogP contribution in [0.25, 0.3) is 88.7 Å². The number of nitrogens with zero attached hydrogens (tertiary/aromatic N) is 7. The van der Waals surface area contributed by atoms with Crippen LogP contribution in [-0.4, -0.2) is 33.7 Å². The van der Waals surface area contributed by atoms with Crippen LogP contribution in [0.3, 0.4) is 0 Å². The van der Waals surface area contributed by atoms with Crippen molar-refractivity contribution in [3.63, 3.8) is 0 Å². The molecule has 0 aliphatic heterocycles. The molecule has 0 saturated carbocycles. The smallest absolute Gasteiger partial charge is 0.148 e. The first kappa shape index (κ1) is 54.9. The lowest BCUT2D eigenvalue weighted by molar-refractivity contribution is 0.403. The second-order valence-electron chi connectivity index (χ2n) is 30.2. The zero-order chi connectivity index (χ0) is 59.5. The van der Waals surface area contributed by atoms with Crippen LogP contribution in [0.1, 0.15) is 171 Å².